The first kappa shape index (κ1) is 21.4. The monoisotopic (exact) mass is 453 g/mol. The van der Waals surface area contributed by atoms with Crippen molar-refractivity contribution < 1.29 is 14.4 Å². The maximum Gasteiger partial charge on any atom is 0.229 e. The van der Waals surface area contributed by atoms with Crippen LogP contribution in [0.2, 0.25) is 10.0 Å². The molecule has 3 fully saturated rings. The van der Waals surface area contributed by atoms with Gasteiger partial charge in [-0.15, -0.1) is 0 Å². The highest BCUT2D eigenvalue weighted by Gasteiger charge is 2.49. The normalized spacial score (nSPS) is 32.0. The molecule has 0 aliphatic carbocycles. The van der Waals surface area contributed by atoms with Gasteiger partial charge < -0.3 is 16.0 Å². The summed E-state index contributed by atoms with van der Waals surface area (Å²) in [6, 6.07) is 4.69. The van der Waals surface area contributed by atoms with Gasteiger partial charge in [0.1, 0.15) is 6.29 Å². The minimum atomic E-state index is -0.810. The molecule has 3 aliphatic heterocycles. The van der Waals surface area contributed by atoms with E-state index in [4.69, 9.17) is 23.2 Å². The Labute approximate surface area is 185 Å². The summed E-state index contributed by atoms with van der Waals surface area (Å²) < 4.78 is 0. The van der Waals surface area contributed by atoms with Crippen LogP contribution in [0.25, 0.3) is 0 Å². The first-order chi connectivity index (χ1) is 14.3. The van der Waals surface area contributed by atoms with E-state index in [-0.39, 0.29) is 24.5 Å². The lowest BCUT2D eigenvalue weighted by Gasteiger charge is -2.47. The second kappa shape index (κ2) is 8.70. The van der Waals surface area contributed by atoms with Crippen LogP contribution in [0, 0.1) is 17.8 Å². The number of nitrogens with one attached hydrogen (secondary N) is 4. The number of likely N-dealkylation sites (tertiary alicyclic amines) is 1. The molecule has 3 saturated heterocycles. The molecule has 162 valence electrons. The van der Waals surface area contributed by atoms with Crippen molar-refractivity contribution in [2.24, 2.45) is 17.8 Å². The average molecular weight is 454 g/mol. The van der Waals surface area contributed by atoms with Crippen LogP contribution in [0.5, 0.6) is 0 Å². The highest BCUT2D eigenvalue weighted by Crippen LogP contribution is 2.30. The Morgan fingerprint density at radius 3 is 2.60 bits per heavy atom. The molecular formula is C20H25Cl2N5O3. The second-order valence-electron chi connectivity index (χ2n) is 8.35. The van der Waals surface area contributed by atoms with E-state index in [1.165, 1.54) is 0 Å². The first-order valence-electron chi connectivity index (χ1n) is 10.2. The number of amides is 3. The number of benzene rings is 1. The zero-order valence-electron chi connectivity index (χ0n) is 16.6. The smallest absolute Gasteiger partial charge is 0.229 e. The van der Waals surface area contributed by atoms with Gasteiger partial charge in [-0.2, -0.15) is 0 Å². The third-order valence-corrected chi connectivity index (χ3v) is 6.39. The molecule has 30 heavy (non-hydrogen) atoms. The van der Waals surface area contributed by atoms with Crippen LogP contribution in [-0.2, 0) is 14.4 Å². The van der Waals surface area contributed by atoms with Gasteiger partial charge in [-0.25, -0.2) is 0 Å². The molecule has 4 N–H and O–H groups in total. The van der Waals surface area contributed by atoms with E-state index in [0.717, 1.165) is 25.9 Å². The van der Waals surface area contributed by atoms with Crippen molar-refractivity contribution in [3.8, 4) is 0 Å². The lowest BCUT2D eigenvalue weighted by molar-refractivity contribution is -0.148. The first-order valence-corrected chi connectivity index (χ1v) is 10.9. The lowest BCUT2D eigenvalue weighted by atomic mass is 9.81. The van der Waals surface area contributed by atoms with Gasteiger partial charge >= 0.3 is 0 Å². The van der Waals surface area contributed by atoms with E-state index in [9.17, 15) is 14.4 Å². The van der Waals surface area contributed by atoms with Gasteiger partial charge in [-0.05, 0) is 37.0 Å². The van der Waals surface area contributed by atoms with Crippen LogP contribution in [-0.4, -0.2) is 48.2 Å². The summed E-state index contributed by atoms with van der Waals surface area (Å²) in [4.78, 5) is 40.5. The third-order valence-electron chi connectivity index (χ3n) is 5.95. The molecule has 4 rings (SSSR count). The minimum Gasteiger partial charge on any atom is -0.340 e. The molecule has 0 aromatic heterocycles. The predicted molar refractivity (Wildman–Crippen MR) is 114 cm³/mol. The van der Waals surface area contributed by atoms with Crippen LogP contribution >= 0.6 is 23.2 Å². The number of carbonyl (C=O) groups excluding carboxylic acids is 3. The molecule has 0 radical (unpaired) electrons. The van der Waals surface area contributed by atoms with Crippen LogP contribution < -0.4 is 21.3 Å². The number of fused-ring (bicyclic) bond motifs is 1. The molecule has 0 saturated carbocycles. The zero-order valence-corrected chi connectivity index (χ0v) is 18.1. The summed E-state index contributed by atoms with van der Waals surface area (Å²) in [5.74, 6) is -1.91. The Kier molecular flexibility index (Phi) is 6.20. The van der Waals surface area contributed by atoms with E-state index in [0.29, 0.717) is 21.7 Å². The Morgan fingerprint density at radius 2 is 1.90 bits per heavy atom. The van der Waals surface area contributed by atoms with Crippen LogP contribution in [0.3, 0.4) is 0 Å². The number of piperidine rings is 2. The van der Waals surface area contributed by atoms with Crippen LogP contribution in [0.15, 0.2) is 18.2 Å². The highest BCUT2D eigenvalue weighted by molar-refractivity contribution is 6.35. The number of rotatable bonds is 3. The number of anilines is 1. The Balaban J connectivity index is 1.49. The van der Waals surface area contributed by atoms with Crippen molar-refractivity contribution in [3.05, 3.63) is 28.2 Å². The standard InChI is InChI=1S/C20H25Cl2N5O3/c1-10-3-2-4-27(9-10)20-25-17-16(19(30)26-20)14(8-15(28)24-17)18(29)23-13-6-11(21)5-12(22)7-13/h5-7,10,14,16-17,20,25H,2-4,8-9H2,1H3,(H,23,29)(H,24,28)(H,26,30). The molecule has 1 aromatic carbocycles. The van der Waals surface area contributed by atoms with Crippen molar-refractivity contribution in [1.29, 1.82) is 0 Å². The van der Waals surface area contributed by atoms with Gasteiger partial charge in [0.2, 0.25) is 17.7 Å². The zero-order chi connectivity index (χ0) is 21.4. The van der Waals surface area contributed by atoms with Gasteiger partial charge in [0, 0.05) is 35.2 Å². The maximum absolute atomic E-state index is 13.0. The van der Waals surface area contributed by atoms with Crippen molar-refractivity contribution in [3.63, 3.8) is 0 Å². The molecule has 5 unspecified atom stereocenters. The van der Waals surface area contributed by atoms with Crippen molar-refractivity contribution in [1.82, 2.24) is 20.9 Å². The predicted octanol–water partition coefficient (Wildman–Crippen LogP) is 1.75. The quantitative estimate of drug-likeness (QED) is 0.558. The minimum absolute atomic E-state index is 0.0676. The second-order valence-corrected chi connectivity index (χ2v) is 9.22. The van der Waals surface area contributed by atoms with E-state index < -0.39 is 23.9 Å². The SMILES string of the molecule is CC1CCCN(C2NC(=O)C3C(NC(=O)CC3C(=O)Nc3cc(Cl)cc(Cl)c3)N2)C1. The Morgan fingerprint density at radius 1 is 1.17 bits per heavy atom. The van der Waals surface area contributed by atoms with Crippen molar-refractivity contribution in [2.75, 3.05) is 18.4 Å². The Bertz CT molecular complexity index is 847. The summed E-state index contributed by atoms with van der Waals surface area (Å²) in [5, 5.41) is 12.6. The summed E-state index contributed by atoms with van der Waals surface area (Å²) in [6.07, 6.45) is 1.18. The summed E-state index contributed by atoms with van der Waals surface area (Å²) in [5.41, 5.74) is 0.421. The molecule has 10 heteroatoms. The van der Waals surface area contributed by atoms with Crippen LogP contribution in [0.1, 0.15) is 26.2 Å². The van der Waals surface area contributed by atoms with E-state index >= 15 is 0 Å². The average Bonchev–Trinajstić information content (AvgIpc) is 2.66. The van der Waals surface area contributed by atoms with Crippen molar-refractivity contribution >= 4 is 46.6 Å². The molecule has 0 bridgehead atoms. The van der Waals surface area contributed by atoms with Crippen LogP contribution in [0.4, 0.5) is 5.69 Å². The molecule has 1 aromatic rings. The fourth-order valence-electron chi connectivity index (χ4n) is 4.58. The number of nitrogens with zero attached hydrogens (tertiary/aromatic N) is 1. The molecule has 3 heterocycles. The van der Waals surface area contributed by atoms with E-state index in [2.05, 4.69) is 33.1 Å². The van der Waals surface area contributed by atoms with Gasteiger partial charge in [-0.1, -0.05) is 30.1 Å². The Hall–Kier alpha value is -1.87. The third kappa shape index (κ3) is 4.56. The number of hydrogen-bond donors (Lipinski definition) is 4. The molecule has 3 aliphatic rings. The number of halogens is 2. The van der Waals surface area contributed by atoms with Gasteiger partial charge in [0.05, 0.1) is 18.0 Å². The highest BCUT2D eigenvalue weighted by atomic mass is 35.5. The summed E-state index contributed by atoms with van der Waals surface area (Å²) in [7, 11) is 0. The van der Waals surface area contributed by atoms with E-state index in [1.807, 2.05) is 0 Å². The van der Waals surface area contributed by atoms with Crippen molar-refractivity contribution in [2.45, 2.75) is 38.6 Å². The largest absolute Gasteiger partial charge is 0.340 e. The van der Waals surface area contributed by atoms with Gasteiger partial charge in [0.15, 0.2) is 0 Å². The lowest BCUT2D eigenvalue weighted by Crippen LogP contribution is -2.74. The molecule has 0 spiro atoms. The molecule has 8 nitrogen and oxygen atoms in total. The summed E-state index contributed by atoms with van der Waals surface area (Å²) >= 11 is 12.0. The summed E-state index contributed by atoms with van der Waals surface area (Å²) in [6.45, 7) is 3.92. The molecular weight excluding hydrogens is 429 g/mol. The van der Waals surface area contributed by atoms with Gasteiger partial charge in [-0.3, -0.25) is 24.6 Å². The maximum atomic E-state index is 13.0. The van der Waals surface area contributed by atoms with E-state index in [1.54, 1.807) is 18.2 Å². The molecule has 5 atom stereocenters. The fourth-order valence-corrected chi connectivity index (χ4v) is 5.10. The molecule has 3 amide bonds. The fraction of sp³-hybridized carbons (Fsp3) is 0.550. The van der Waals surface area contributed by atoms with Gasteiger partial charge in [0.25, 0.3) is 0 Å². The number of hydrogen-bond acceptors (Lipinski definition) is 5. The topological polar surface area (TPSA) is 103 Å². The number of carbonyl (C=O) groups is 3.